The first-order valence-electron chi connectivity index (χ1n) is 8.44. The standard InChI is InChI=1S/C18H23N3O4S/c1-9(2)21-17(23)14(16(22)20-18(21)26)15-11-8-13(25-4)12(24-3)7-10(11)5-6-19-15/h7-9,15,19,23H,5-6H2,1-4H3,(H,20,22,26)/t15-/m1/s1. The zero-order chi connectivity index (χ0) is 19.0. The second kappa shape index (κ2) is 7.13. The summed E-state index contributed by atoms with van der Waals surface area (Å²) >= 11 is 5.20. The lowest BCUT2D eigenvalue weighted by Crippen LogP contribution is -2.35. The highest BCUT2D eigenvalue weighted by Crippen LogP contribution is 2.38. The number of aromatic hydroxyl groups is 1. The number of hydrogen-bond donors (Lipinski definition) is 3. The van der Waals surface area contributed by atoms with Crippen LogP contribution in [0.3, 0.4) is 0 Å². The summed E-state index contributed by atoms with van der Waals surface area (Å²) in [6.45, 7) is 4.46. The number of hydrogen-bond acceptors (Lipinski definition) is 6. The molecule has 0 spiro atoms. The van der Waals surface area contributed by atoms with Crippen LogP contribution in [0, 0.1) is 4.77 Å². The fourth-order valence-electron chi connectivity index (χ4n) is 3.43. The number of ether oxygens (including phenoxy) is 2. The lowest BCUT2D eigenvalue weighted by Gasteiger charge is -2.29. The van der Waals surface area contributed by atoms with Gasteiger partial charge < -0.3 is 19.9 Å². The van der Waals surface area contributed by atoms with Crippen molar-refractivity contribution in [1.82, 2.24) is 14.9 Å². The van der Waals surface area contributed by atoms with Crippen LogP contribution in [0.5, 0.6) is 17.4 Å². The molecule has 2 heterocycles. The van der Waals surface area contributed by atoms with Gasteiger partial charge in [0.05, 0.1) is 25.8 Å². The van der Waals surface area contributed by atoms with Crippen LogP contribution in [0.4, 0.5) is 0 Å². The second-order valence-electron chi connectivity index (χ2n) is 6.50. The summed E-state index contributed by atoms with van der Waals surface area (Å²) in [5.74, 6) is 1.10. The molecule has 0 unspecified atom stereocenters. The second-order valence-corrected chi connectivity index (χ2v) is 6.89. The van der Waals surface area contributed by atoms with Crippen LogP contribution < -0.4 is 20.3 Å². The lowest BCUT2D eigenvalue weighted by atomic mass is 9.90. The first-order valence-corrected chi connectivity index (χ1v) is 8.85. The Morgan fingerprint density at radius 2 is 1.92 bits per heavy atom. The van der Waals surface area contributed by atoms with Crippen LogP contribution >= 0.6 is 12.2 Å². The summed E-state index contributed by atoms with van der Waals surface area (Å²) in [7, 11) is 3.16. The summed E-state index contributed by atoms with van der Waals surface area (Å²) < 4.78 is 12.5. The molecule has 7 nitrogen and oxygen atoms in total. The van der Waals surface area contributed by atoms with E-state index in [0.29, 0.717) is 18.0 Å². The Balaban J connectivity index is 2.24. The van der Waals surface area contributed by atoms with Gasteiger partial charge in [-0.05, 0) is 55.7 Å². The van der Waals surface area contributed by atoms with Crippen LogP contribution in [0.25, 0.3) is 0 Å². The molecule has 0 bridgehead atoms. The molecule has 1 aliphatic heterocycles. The first kappa shape index (κ1) is 18.5. The lowest BCUT2D eigenvalue weighted by molar-refractivity contribution is 0.351. The van der Waals surface area contributed by atoms with Crippen molar-refractivity contribution >= 4 is 12.2 Å². The predicted molar refractivity (Wildman–Crippen MR) is 101 cm³/mol. The summed E-state index contributed by atoms with van der Waals surface area (Å²) in [6.07, 6.45) is 0.786. The molecule has 1 aromatic carbocycles. The minimum atomic E-state index is -0.470. The van der Waals surface area contributed by atoms with Gasteiger partial charge in [0.2, 0.25) is 5.88 Å². The van der Waals surface area contributed by atoms with Gasteiger partial charge in [-0.3, -0.25) is 14.3 Å². The number of H-pyrrole nitrogens is 1. The number of nitrogens with one attached hydrogen (secondary N) is 2. The molecule has 0 saturated heterocycles. The molecular formula is C18H23N3O4S. The van der Waals surface area contributed by atoms with Crippen molar-refractivity contribution in [3.05, 3.63) is 43.9 Å². The van der Waals surface area contributed by atoms with E-state index >= 15 is 0 Å². The molecule has 3 rings (SSSR count). The zero-order valence-electron chi connectivity index (χ0n) is 15.3. The number of methoxy groups -OCH3 is 2. The van der Waals surface area contributed by atoms with E-state index in [2.05, 4.69) is 10.3 Å². The molecule has 140 valence electrons. The largest absolute Gasteiger partial charge is 0.494 e. The van der Waals surface area contributed by atoms with E-state index in [1.165, 1.54) is 0 Å². The van der Waals surface area contributed by atoms with Gasteiger partial charge in [-0.1, -0.05) is 0 Å². The first-order chi connectivity index (χ1) is 12.4. The Hall–Kier alpha value is -2.32. The maximum Gasteiger partial charge on any atom is 0.260 e. The van der Waals surface area contributed by atoms with Gasteiger partial charge in [0.25, 0.3) is 5.56 Å². The molecule has 0 radical (unpaired) electrons. The van der Waals surface area contributed by atoms with E-state index in [1.54, 1.807) is 18.8 Å². The molecule has 26 heavy (non-hydrogen) atoms. The summed E-state index contributed by atoms with van der Waals surface area (Å²) in [6, 6.07) is 3.21. The van der Waals surface area contributed by atoms with Crippen LogP contribution in [-0.4, -0.2) is 35.4 Å². The van der Waals surface area contributed by atoms with Gasteiger partial charge in [-0.25, -0.2) is 0 Å². The quantitative estimate of drug-likeness (QED) is 0.710. The van der Waals surface area contributed by atoms with Gasteiger partial charge in [0.15, 0.2) is 16.3 Å². The maximum absolute atomic E-state index is 12.6. The Labute approximate surface area is 156 Å². The van der Waals surface area contributed by atoms with E-state index < -0.39 is 11.6 Å². The maximum atomic E-state index is 12.6. The van der Waals surface area contributed by atoms with E-state index in [4.69, 9.17) is 21.7 Å². The molecule has 1 aromatic heterocycles. The number of nitrogens with zero attached hydrogens (tertiary/aromatic N) is 1. The van der Waals surface area contributed by atoms with Crippen LogP contribution in [-0.2, 0) is 6.42 Å². The number of benzene rings is 1. The van der Waals surface area contributed by atoms with Gasteiger partial charge >= 0.3 is 0 Å². The summed E-state index contributed by atoms with van der Waals surface area (Å²) in [5.41, 5.74) is 1.77. The predicted octanol–water partition coefficient (Wildman–Crippen LogP) is 2.44. The summed E-state index contributed by atoms with van der Waals surface area (Å²) in [5, 5.41) is 14.1. The highest BCUT2D eigenvalue weighted by atomic mass is 32.1. The third kappa shape index (κ3) is 2.99. The van der Waals surface area contributed by atoms with Crippen molar-refractivity contribution in [3.8, 4) is 17.4 Å². The molecule has 0 fully saturated rings. The van der Waals surface area contributed by atoms with E-state index in [9.17, 15) is 9.90 Å². The third-order valence-corrected chi connectivity index (χ3v) is 4.96. The minimum absolute atomic E-state index is 0.0911. The van der Waals surface area contributed by atoms with Crippen molar-refractivity contribution in [3.63, 3.8) is 0 Å². The Morgan fingerprint density at radius 1 is 1.27 bits per heavy atom. The smallest absolute Gasteiger partial charge is 0.260 e. The average molecular weight is 377 g/mol. The van der Waals surface area contributed by atoms with Crippen molar-refractivity contribution in [1.29, 1.82) is 0 Å². The Kier molecular flexibility index (Phi) is 5.06. The third-order valence-electron chi connectivity index (χ3n) is 4.66. The topological polar surface area (TPSA) is 88.5 Å². The van der Waals surface area contributed by atoms with Gasteiger partial charge in [0, 0.05) is 12.6 Å². The SMILES string of the molecule is COc1cc2c(cc1OC)[C@H](c1c(O)n(C(C)C)c(=S)[nH]c1=O)NCC2. The minimum Gasteiger partial charge on any atom is -0.494 e. The van der Waals surface area contributed by atoms with E-state index in [-0.39, 0.29) is 22.3 Å². The normalized spacial score (nSPS) is 16.4. The Bertz CT molecular complexity index is 949. The molecule has 0 aliphatic carbocycles. The van der Waals surface area contributed by atoms with Crippen LogP contribution in [0.1, 0.15) is 42.6 Å². The van der Waals surface area contributed by atoms with E-state index in [0.717, 1.165) is 17.5 Å². The Morgan fingerprint density at radius 3 is 2.54 bits per heavy atom. The van der Waals surface area contributed by atoms with Crippen molar-refractivity contribution < 1.29 is 14.6 Å². The fraction of sp³-hybridized carbons (Fsp3) is 0.444. The van der Waals surface area contributed by atoms with Crippen molar-refractivity contribution in [2.45, 2.75) is 32.4 Å². The highest BCUT2D eigenvalue weighted by molar-refractivity contribution is 7.71. The van der Waals surface area contributed by atoms with Crippen molar-refractivity contribution in [2.24, 2.45) is 0 Å². The highest BCUT2D eigenvalue weighted by Gasteiger charge is 2.29. The van der Waals surface area contributed by atoms with Gasteiger partial charge in [-0.15, -0.1) is 0 Å². The number of fused-ring (bicyclic) bond motifs is 1. The average Bonchev–Trinajstić information content (AvgIpc) is 2.59. The molecule has 1 aliphatic rings. The van der Waals surface area contributed by atoms with Crippen LogP contribution in [0.15, 0.2) is 16.9 Å². The fourth-order valence-corrected chi connectivity index (χ4v) is 3.82. The zero-order valence-corrected chi connectivity index (χ0v) is 16.1. The molecule has 2 aromatic rings. The van der Waals surface area contributed by atoms with Crippen LogP contribution in [0.2, 0.25) is 0 Å². The summed E-state index contributed by atoms with van der Waals surface area (Å²) in [4.78, 5) is 15.3. The van der Waals surface area contributed by atoms with Crippen molar-refractivity contribution in [2.75, 3.05) is 20.8 Å². The molecule has 0 amide bonds. The van der Waals surface area contributed by atoms with Gasteiger partial charge in [0.1, 0.15) is 0 Å². The molecule has 8 heteroatoms. The number of aromatic amines is 1. The molecular weight excluding hydrogens is 354 g/mol. The molecule has 0 saturated carbocycles. The monoisotopic (exact) mass is 377 g/mol. The van der Waals surface area contributed by atoms with Gasteiger partial charge in [-0.2, -0.15) is 0 Å². The van der Waals surface area contributed by atoms with E-state index in [1.807, 2.05) is 26.0 Å². The number of rotatable bonds is 4. The molecule has 3 N–H and O–H groups in total. The number of aromatic nitrogens is 2. The molecule has 1 atom stereocenters.